The summed E-state index contributed by atoms with van der Waals surface area (Å²) in [5.74, 6) is 0.840. The Morgan fingerprint density at radius 3 is 2.59 bits per heavy atom. The molecule has 2 saturated carbocycles. The molecule has 168 valence electrons. The van der Waals surface area contributed by atoms with E-state index in [1.165, 1.54) is 0 Å². The second-order valence-corrected chi connectivity index (χ2v) is 9.89. The molecule has 1 aromatic carbocycles. The zero-order valence-corrected chi connectivity index (χ0v) is 18.8. The van der Waals surface area contributed by atoms with E-state index in [-0.39, 0.29) is 29.4 Å². The number of H-pyrrole nitrogens is 1. The van der Waals surface area contributed by atoms with E-state index in [2.05, 4.69) is 22.0 Å². The van der Waals surface area contributed by atoms with E-state index in [0.717, 1.165) is 48.0 Å². The number of aromatic nitrogens is 4. The molecule has 1 saturated heterocycles. The van der Waals surface area contributed by atoms with E-state index in [1.54, 1.807) is 4.68 Å². The maximum atomic E-state index is 13.3. The van der Waals surface area contributed by atoms with Crippen LogP contribution in [0.25, 0.3) is 22.3 Å². The monoisotopic (exact) mass is 435 g/mol. The molecule has 0 spiro atoms. The first kappa shape index (κ1) is 19.8. The van der Waals surface area contributed by atoms with Crippen LogP contribution in [0.5, 0.6) is 5.75 Å². The standard InChI is InChI=1S/C24H29N5O3/c1-14-12-28(13-15(2)31-14)21-11-20(27-29(23(21)30)16-4-5-16)22-18-10-17(32-24(3)8-9-24)6-7-19(18)25-26-22/h6-7,10-11,14-16H,4-5,8-9,12-13H2,1-3H3,(H,25,26)/t14-,15+. The number of hydrogen-bond acceptors (Lipinski definition) is 6. The summed E-state index contributed by atoms with van der Waals surface area (Å²) in [4.78, 5) is 15.5. The fourth-order valence-corrected chi connectivity index (χ4v) is 4.60. The highest BCUT2D eigenvalue weighted by atomic mass is 16.5. The molecule has 0 unspecified atom stereocenters. The van der Waals surface area contributed by atoms with Crippen molar-refractivity contribution < 1.29 is 9.47 Å². The molecule has 8 heteroatoms. The normalized spacial score (nSPS) is 24.7. The Balaban J connectivity index is 1.45. The highest BCUT2D eigenvalue weighted by molar-refractivity contribution is 5.93. The molecule has 1 N–H and O–H groups in total. The highest BCUT2D eigenvalue weighted by Gasteiger charge is 2.40. The number of aromatic amines is 1. The maximum absolute atomic E-state index is 13.3. The first-order valence-electron chi connectivity index (χ1n) is 11.6. The summed E-state index contributed by atoms with van der Waals surface area (Å²) in [6, 6.07) is 8.09. The van der Waals surface area contributed by atoms with Crippen LogP contribution in [0, 0.1) is 0 Å². The summed E-state index contributed by atoms with van der Waals surface area (Å²) >= 11 is 0. The lowest BCUT2D eigenvalue weighted by Gasteiger charge is -2.36. The Labute approximate surface area is 186 Å². The zero-order chi connectivity index (χ0) is 22.0. The van der Waals surface area contributed by atoms with Crippen LogP contribution in [0.4, 0.5) is 5.69 Å². The maximum Gasteiger partial charge on any atom is 0.290 e. The first-order chi connectivity index (χ1) is 15.4. The van der Waals surface area contributed by atoms with Gasteiger partial charge in [-0.15, -0.1) is 0 Å². The third kappa shape index (κ3) is 3.56. The second kappa shape index (κ2) is 7.07. The van der Waals surface area contributed by atoms with E-state index < -0.39 is 0 Å². The Morgan fingerprint density at radius 2 is 1.91 bits per heavy atom. The van der Waals surface area contributed by atoms with Crippen LogP contribution in [-0.4, -0.2) is 50.9 Å². The van der Waals surface area contributed by atoms with Gasteiger partial charge in [0.2, 0.25) is 0 Å². The van der Waals surface area contributed by atoms with E-state index in [1.807, 2.05) is 38.1 Å². The molecule has 2 atom stereocenters. The molecule has 0 bridgehead atoms. The van der Waals surface area contributed by atoms with Crippen LogP contribution in [-0.2, 0) is 4.74 Å². The lowest BCUT2D eigenvalue weighted by Crippen LogP contribution is -2.48. The van der Waals surface area contributed by atoms with Gasteiger partial charge in [-0.1, -0.05) is 0 Å². The van der Waals surface area contributed by atoms with Crippen molar-refractivity contribution >= 4 is 16.6 Å². The number of hydrogen-bond donors (Lipinski definition) is 1. The van der Waals surface area contributed by atoms with Gasteiger partial charge >= 0.3 is 0 Å². The van der Waals surface area contributed by atoms with Gasteiger partial charge in [-0.05, 0) is 70.7 Å². The Kier molecular flexibility index (Phi) is 4.37. The Hall–Kier alpha value is -2.87. The van der Waals surface area contributed by atoms with E-state index in [0.29, 0.717) is 24.5 Å². The molecule has 8 nitrogen and oxygen atoms in total. The molecule has 3 heterocycles. The molecular formula is C24H29N5O3. The summed E-state index contributed by atoms with van der Waals surface area (Å²) in [5.41, 5.74) is 2.98. The molecule has 3 fully saturated rings. The quantitative estimate of drug-likeness (QED) is 0.658. The zero-order valence-electron chi connectivity index (χ0n) is 18.8. The van der Waals surface area contributed by atoms with Gasteiger partial charge in [-0.3, -0.25) is 9.89 Å². The summed E-state index contributed by atoms with van der Waals surface area (Å²) < 4.78 is 13.7. The number of benzene rings is 1. The van der Waals surface area contributed by atoms with Gasteiger partial charge in [-0.25, -0.2) is 4.68 Å². The number of nitrogens with one attached hydrogen (secondary N) is 1. The summed E-state index contributed by atoms with van der Waals surface area (Å²) in [5, 5.41) is 13.4. The number of morpholine rings is 1. The van der Waals surface area contributed by atoms with Crippen molar-refractivity contribution in [3.8, 4) is 17.1 Å². The Morgan fingerprint density at radius 1 is 1.16 bits per heavy atom. The second-order valence-electron chi connectivity index (χ2n) is 9.89. The van der Waals surface area contributed by atoms with Crippen LogP contribution in [0.2, 0.25) is 0 Å². The van der Waals surface area contributed by atoms with E-state index in [4.69, 9.17) is 14.6 Å². The molecule has 2 aliphatic carbocycles. The van der Waals surface area contributed by atoms with Crippen LogP contribution < -0.4 is 15.2 Å². The predicted molar refractivity (Wildman–Crippen MR) is 122 cm³/mol. The van der Waals surface area contributed by atoms with Crippen molar-refractivity contribution in [1.82, 2.24) is 20.0 Å². The SMILES string of the molecule is C[C@@H]1CN(c2cc(-c3n[nH]c4ccc(OC5(C)CC5)cc34)nn(C3CC3)c2=O)C[C@H](C)O1. The van der Waals surface area contributed by atoms with Crippen LogP contribution >= 0.6 is 0 Å². The molecule has 32 heavy (non-hydrogen) atoms. The Bertz CT molecular complexity index is 1230. The number of ether oxygens (including phenoxy) is 2. The fourth-order valence-electron chi connectivity index (χ4n) is 4.60. The summed E-state index contributed by atoms with van der Waals surface area (Å²) in [6.45, 7) is 7.61. The van der Waals surface area contributed by atoms with Gasteiger partial charge in [-0.2, -0.15) is 10.2 Å². The fraction of sp³-hybridized carbons (Fsp3) is 0.542. The molecule has 6 rings (SSSR count). The molecule has 0 amide bonds. The van der Waals surface area contributed by atoms with Crippen molar-refractivity contribution in [1.29, 1.82) is 0 Å². The van der Waals surface area contributed by atoms with E-state index in [9.17, 15) is 4.79 Å². The summed E-state index contributed by atoms with van der Waals surface area (Å²) in [7, 11) is 0. The predicted octanol–water partition coefficient (Wildman–Crippen LogP) is 3.67. The van der Waals surface area contributed by atoms with Gasteiger partial charge in [0, 0.05) is 18.5 Å². The molecular weight excluding hydrogens is 406 g/mol. The van der Waals surface area contributed by atoms with Gasteiger partial charge in [0.15, 0.2) is 0 Å². The third-order valence-electron chi connectivity index (χ3n) is 6.66. The lowest BCUT2D eigenvalue weighted by molar-refractivity contribution is -0.00532. The average molecular weight is 436 g/mol. The van der Waals surface area contributed by atoms with Gasteiger partial charge in [0.1, 0.15) is 28.4 Å². The topological polar surface area (TPSA) is 85.3 Å². The largest absolute Gasteiger partial charge is 0.488 e. The molecule has 2 aromatic heterocycles. The minimum Gasteiger partial charge on any atom is -0.488 e. The molecule has 3 aliphatic rings. The van der Waals surface area contributed by atoms with Crippen LogP contribution in [0.1, 0.15) is 52.5 Å². The lowest BCUT2D eigenvalue weighted by atomic mass is 10.1. The van der Waals surface area contributed by atoms with Gasteiger partial charge in [0.25, 0.3) is 5.56 Å². The van der Waals surface area contributed by atoms with Crippen molar-refractivity contribution in [2.24, 2.45) is 0 Å². The highest BCUT2D eigenvalue weighted by Crippen LogP contribution is 2.41. The van der Waals surface area contributed by atoms with Crippen LogP contribution in [0.3, 0.4) is 0 Å². The molecule has 3 aromatic rings. The van der Waals surface area contributed by atoms with Crippen molar-refractivity contribution in [3.63, 3.8) is 0 Å². The smallest absolute Gasteiger partial charge is 0.290 e. The minimum atomic E-state index is -0.0497. The van der Waals surface area contributed by atoms with Gasteiger partial charge < -0.3 is 14.4 Å². The number of nitrogens with zero attached hydrogens (tertiary/aromatic N) is 4. The average Bonchev–Trinajstić information content (AvgIpc) is 3.67. The van der Waals surface area contributed by atoms with Crippen molar-refractivity contribution in [2.75, 3.05) is 18.0 Å². The van der Waals surface area contributed by atoms with Crippen molar-refractivity contribution in [3.05, 3.63) is 34.6 Å². The minimum absolute atomic E-state index is 0.0249. The van der Waals surface area contributed by atoms with E-state index >= 15 is 0 Å². The first-order valence-corrected chi connectivity index (χ1v) is 11.6. The van der Waals surface area contributed by atoms with Gasteiger partial charge in [0.05, 0.1) is 23.8 Å². The van der Waals surface area contributed by atoms with Crippen molar-refractivity contribution in [2.45, 2.75) is 70.3 Å². The third-order valence-corrected chi connectivity index (χ3v) is 6.66. The number of anilines is 1. The van der Waals surface area contributed by atoms with Crippen LogP contribution in [0.15, 0.2) is 29.1 Å². The molecule has 0 radical (unpaired) electrons. The number of fused-ring (bicyclic) bond motifs is 1. The summed E-state index contributed by atoms with van der Waals surface area (Å²) in [6.07, 6.45) is 4.28. The number of rotatable bonds is 5. The molecule has 1 aliphatic heterocycles.